The summed E-state index contributed by atoms with van der Waals surface area (Å²) in [7, 11) is 3.26. The molecule has 0 saturated heterocycles. The fraction of sp³-hybridized carbons (Fsp3) is 0.200. The quantitative estimate of drug-likeness (QED) is 0.155. The molecule has 2 aromatic heterocycles. The molecular formula is C30H26Br2Cl2N2O5. The second-order valence-corrected chi connectivity index (χ2v) is 11.6. The van der Waals surface area contributed by atoms with E-state index in [9.17, 15) is 19.2 Å². The molecule has 4 rings (SSSR count). The number of esters is 1. The van der Waals surface area contributed by atoms with E-state index in [4.69, 9.17) is 27.9 Å². The first-order valence-electron chi connectivity index (χ1n) is 12.3. The van der Waals surface area contributed by atoms with Crippen molar-refractivity contribution in [1.82, 2.24) is 9.13 Å². The average Bonchev–Trinajstić information content (AvgIpc) is 2.93. The van der Waals surface area contributed by atoms with Gasteiger partial charge < -0.3 is 13.9 Å². The van der Waals surface area contributed by atoms with Crippen molar-refractivity contribution in [1.29, 1.82) is 0 Å². The van der Waals surface area contributed by atoms with E-state index in [2.05, 4.69) is 31.9 Å². The van der Waals surface area contributed by atoms with E-state index in [0.29, 0.717) is 19.1 Å². The van der Waals surface area contributed by atoms with E-state index in [1.54, 1.807) is 33.2 Å². The summed E-state index contributed by atoms with van der Waals surface area (Å²) < 4.78 is 9.75. The average molecular weight is 725 g/mol. The summed E-state index contributed by atoms with van der Waals surface area (Å²) in [6.07, 6.45) is 1.62. The number of halogens is 4. The van der Waals surface area contributed by atoms with Crippen LogP contribution in [0.1, 0.15) is 50.2 Å². The normalized spacial score (nSPS) is 10.5. The number of hydrogen-bond acceptors (Lipinski definition) is 5. The van der Waals surface area contributed by atoms with Crippen LogP contribution in [0.5, 0.6) is 0 Å². The first-order chi connectivity index (χ1) is 19.5. The monoisotopic (exact) mass is 722 g/mol. The lowest BCUT2D eigenvalue weighted by Gasteiger charge is -2.12. The largest absolute Gasteiger partial charge is 0.462 e. The molecule has 0 N–H and O–H groups in total. The second kappa shape index (κ2) is 14.8. The zero-order valence-electron chi connectivity index (χ0n) is 22.4. The molecule has 0 aliphatic rings. The Kier molecular flexibility index (Phi) is 11.7. The Morgan fingerprint density at radius 2 is 1.24 bits per heavy atom. The predicted molar refractivity (Wildman–Crippen MR) is 169 cm³/mol. The molecular weight excluding hydrogens is 699 g/mol. The zero-order valence-corrected chi connectivity index (χ0v) is 27.1. The van der Waals surface area contributed by atoms with Crippen LogP contribution in [0.2, 0.25) is 10.0 Å². The summed E-state index contributed by atoms with van der Waals surface area (Å²) in [5.74, 6) is -0.691. The number of ether oxygens (including phenoxy) is 1. The summed E-state index contributed by atoms with van der Waals surface area (Å²) in [5.41, 5.74) is 2.67. The highest BCUT2D eigenvalue weighted by Gasteiger charge is 2.19. The maximum atomic E-state index is 12.3. The third-order valence-electron chi connectivity index (χ3n) is 6.19. The van der Waals surface area contributed by atoms with Gasteiger partial charge in [0.15, 0.2) is 6.29 Å². The van der Waals surface area contributed by atoms with E-state index in [-0.39, 0.29) is 33.3 Å². The number of carbonyl (C=O) groups is 2. The molecule has 0 fully saturated rings. The van der Waals surface area contributed by atoms with Gasteiger partial charge in [-0.3, -0.25) is 14.4 Å². The molecule has 0 atom stereocenters. The van der Waals surface area contributed by atoms with Crippen molar-refractivity contribution in [3.63, 3.8) is 0 Å². The van der Waals surface area contributed by atoms with Crippen molar-refractivity contribution < 1.29 is 14.3 Å². The summed E-state index contributed by atoms with van der Waals surface area (Å²) in [6, 6.07) is 18.9. The number of benzene rings is 2. The van der Waals surface area contributed by atoms with Crippen LogP contribution in [0, 0.1) is 0 Å². The van der Waals surface area contributed by atoms with Gasteiger partial charge in [0, 0.05) is 47.3 Å². The van der Waals surface area contributed by atoms with Crippen molar-refractivity contribution in [3.05, 3.63) is 134 Å². The lowest BCUT2D eigenvalue weighted by Crippen LogP contribution is -2.28. The van der Waals surface area contributed by atoms with Crippen LogP contribution in [-0.2, 0) is 31.7 Å². The van der Waals surface area contributed by atoms with E-state index < -0.39 is 11.5 Å². The fourth-order valence-corrected chi connectivity index (χ4v) is 4.97. The maximum absolute atomic E-state index is 12.3. The summed E-state index contributed by atoms with van der Waals surface area (Å²) in [6.45, 7) is 1.87. The number of aldehydes is 1. The van der Waals surface area contributed by atoms with Crippen LogP contribution in [0.25, 0.3) is 0 Å². The predicted octanol–water partition coefficient (Wildman–Crippen LogP) is 6.77. The molecule has 4 aromatic rings. The Balaban J connectivity index is 0.000000228. The van der Waals surface area contributed by atoms with Crippen molar-refractivity contribution in [2.24, 2.45) is 14.1 Å². The Morgan fingerprint density at radius 1 is 0.805 bits per heavy atom. The molecule has 0 radical (unpaired) electrons. The maximum Gasteiger partial charge on any atom is 0.345 e. The van der Waals surface area contributed by atoms with Crippen LogP contribution in [0.4, 0.5) is 0 Å². The number of aromatic nitrogens is 2. The van der Waals surface area contributed by atoms with Crippen LogP contribution in [-0.4, -0.2) is 28.0 Å². The van der Waals surface area contributed by atoms with Gasteiger partial charge in [-0.05, 0) is 54.4 Å². The van der Waals surface area contributed by atoms with Crippen molar-refractivity contribution in [3.8, 4) is 0 Å². The van der Waals surface area contributed by atoms with E-state index in [0.717, 1.165) is 31.5 Å². The number of rotatable bonds is 7. The Hall–Kier alpha value is -2.98. The van der Waals surface area contributed by atoms with E-state index in [1.807, 2.05) is 48.5 Å². The van der Waals surface area contributed by atoms with Gasteiger partial charge >= 0.3 is 5.97 Å². The molecule has 2 aromatic carbocycles. The highest BCUT2D eigenvalue weighted by molar-refractivity contribution is 9.10. The lowest BCUT2D eigenvalue weighted by atomic mass is 10.1. The molecule has 0 aliphatic carbocycles. The molecule has 0 saturated carbocycles. The second-order valence-electron chi connectivity index (χ2n) is 8.93. The summed E-state index contributed by atoms with van der Waals surface area (Å²) >= 11 is 18.8. The minimum absolute atomic E-state index is 0.00345. The number of hydrogen-bond donors (Lipinski definition) is 0. The Labute approximate surface area is 263 Å². The number of pyridine rings is 2. The van der Waals surface area contributed by atoms with Gasteiger partial charge in [0.1, 0.15) is 5.56 Å². The SMILES string of the molecule is CCOC(=O)c1c(Cl)cc(Cc2ccc(Br)cc2)n(C)c1=O.Cn1c(Cc2ccc(Br)cc2)cc(Cl)c(C=O)c1=O. The third kappa shape index (κ3) is 8.29. The van der Waals surface area contributed by atoms with Gasteiger partial charge in [-0.25, -0.2) is 4.79 Å². The minimum atomic E-state index is -0.691. The molecule has 11 heteroatoms. The van der Waals surface area contributed by atoms with Crippen LogP contribution in [0.3, 0.4) is 0 Å². The first kappa shape index (κ1) is 32.5. The molecule has 0 amide bonds. The van der Waals surface area contributed by atoms with E-state index >= 15 is 0 Å². The Bertz CT molecular complexity index is 1680. The van der Waals surface area contributed by atoms with Gasteiger partial charge in [-0.1, -0.05) is 79.3 Å². The molecule has 41 heavy (non-hydrogen) atoms. The molecule has 7 nitrogen and oxygen atoms in total. The molecule has 214 valence electrons. The molecule has 0 spiro atoms. The van der Waals surface area contributed by atoms with E-state index in [1.165, 1.54) is 9.13 Å². The topological polar surface area (TPSA) is 87.4 Å². The van der Waals surface area contributed by atoms with Crippen LogP contribution < -0.4 is 11.1 Å². The van der Waals surface area contributed by atoms with Crippen molar-refractivity contribution >= 4 is 67.3 Å². The van der Waals surface area contributed by atoms with Gasteiger partial charge in [0.2, 0.25) is 0 Å². The summed E-state index contributed by atoms with van der Waals surface area (Å²) in [5, 5.41) is 0.318. The van der Waals surface area contributed by atoms with Gasteiger partial charge in [0.25, 0.3) is 11.1 Å². The smallest absolute Gasteiger partial charge is 0.345 e. The Morgan fingerprint density at radius 3 is 1.68 bits per heavy atom. The van der Waals surface area contributed by atoms with Crippen molar-refractivity contribution in [2.75, 3.05) is 6.61 Å². The van der Waals surface area contributed by atoms with Crippen LogP contribution >= 0.6 is 55.1 Å². The zero-order chi connectivity index (χ0) is 30.3. The molecule has 0 aliphatic heterocycles. The summed E-state index contributed by atoms with van der Waals surface area (Å²) in [4.78, 5) is 46.9. The number of carbonyl (C=O) groups excluding carboxylic acids is 2. The van der Waals surface area contributed by atoms with Crippen molar-refractivity contribution in [2.45, 2.75) is 19.8 Å². The highest BCUT2D eigenvalue weighted by Crippen LogP contribution is 2.19. The minimum Gasteiger partial charge on any atom is -0.462 e. The third-order valence-corrected chi connectivity index (χ3v) is 7.86. The van der Waals surface area contributed by atoms with Gasteiger partial charge in [-0.15, -0.1) is 0 Å². The lowest BCUT2D eigenvalue weighted by molar-refractivity contribution is 0.0523. The number of nitrogens with zero attached hydrogens (tertiary/aromatic N) is 2. The highest BCUT2D eigenvalue weighted by atomic mass is 79.9. The molecule has 0 bridgehead atoms. The van der Waals surface area contributed by atoms with Gasteiger partial charge in [-0.2, -0.15) is 0 Å². The standard InChI is InChI=1S/C16H15BrClNO3.C14H11BrClNO2/c1-3-22-16(21)14-13(18)9-12(19(2)15(14)20)8-10-4-6-11(17)7-5-10;1-17-11(6-9-2-4-10(15)5-3-9)7-13(16)12(8-18)14(17)19/h4-7,9H,3,8H2,1-2H3;2-5,7-8H,6H2,1H3. The fourth-order valence-electron chi connectivity index (χ4n) is 3.91. The van der Waals surface area contributed by atoms with Gasteiger partial charge in [0.05, 0.1) is 22.2 Å². The molecule has 0 unspecified atom stereocenters. The first-order valence-corrected chi connectivity index (χ1v) is 14.7. The van der Waals surface area contributed by atoms with Crippen LogP contribution in [0.15, 0.2) is 79.2 Å². The molecule has 2 heterocycles.